The maximum atomic E-state index is 12.7. The molecular formula is C17H20N4O2S. The maximum Gasteiger partial charge on any atom is 0.266 e. The van der Waals surface area contributed by atoms with E-state index >= 15 is 0 Å². The van der Waals surface area contributed by atoms with Gasteiger partial charge in [0.2, 0.25) is 5.91 Å². The third-order valence-electron chi connectivity index (χ3n) is 3.89. The zero-order valence-corrected chi connectivity index (χ0v) is 14.7. The predicted molar refractivity (Wildman–Crippen MR) is 93.0 cm³/mol. The van der Waals surface area contributed by atoms with Crippen LogP contribution in [-0.4, -0.2) is 46.3 Å². The molecule has 1 saturated heterocycles. The van der Waals surface area contributed by atoms with E-state index in [0.717, 1.165) is 29.1 Å². The number of carbonyl (C=O) groups is 2. The Labute approximate surface area is 144 Å². The standard InChI is InChI=1S/C17H20N4O2S/c1-3-4-13-9-12(5-6-18-13)16-20-11(2)15(24-16)17(23)21-8-7-19-14(22)10-21/h5-6,9H,3-4,7-8,10H2,1-2H3,(H,19,22). The number of hydrogen-bond donors (Lipinski definition) is 1. The van der Waals surface area contributed by atoms with Crippen LogP contribution in [-0.2, 0) is 11.2 Å². The molecule has 0 aromatic carbocycles. The monoisotopic (exact) mass is 344 g/mol. The van der Waals surface area contributed by atoms with E-state index in [2.05, 4.69) is 22.2 Å². The fraction of sp³-hybridized carbons (Fsp3) is 0.412. The molecule has 0 unspecified atom stereocenters. The molecule has 0 aliphatic carbocycles. The lowest BCUT2D eigenvalue weighted by Crippen LogP contribution is -2.49. The van der Waals surface area contributed by atoms with E-state index in [-0.39, 0.29) is 18.4 Å². The summed E-state index contributed by atoms with van der Waals surface area (Å²) in [7, 11) is 0. The molecule has 0 bridgehead atoms. The third-order valence-corrected chi connectivity index (χ3v) is 5.08. The number of carbonyl (C=O) groups excluding carboxylic acids is 2. The molecule has 0 radical (unpaired) electrons. The van der Waals surface area contributed by atoms with Gasteiger partial charge in [0.1, 0.15) is 9.88 Å². The van der Waals surface area contributed by atoms with Gasteiger partial charge in [-0.25, -0.2) is 4.98 Å². The van der Waals surface area contributed by atoms with Gasteiger partial charge in [0, 0.05) is 30.5 Å². The number of amides is 2. The first-order chi connectivity index (χ1) is 11.6. The number of thiazole rings is 1. The Morgan fingerprint density at radius 2 is 2.29 bits per heavy atom. The van der Waals surface area contributed by atoms with Crippen LogP contribution in [0.1, 0.15) is 34.4 Å². The number of nitrogens with zero attached hydrogens (tertiary/aromatic N) is 3. The lowest BCUT2D eigenvalue weighted by atomic mass is 10.2. The summed E-state index contributed by atoms with van der Waals surface area (Å²) in [6.07, 6.45) is 3.74. The Hall–Kier alpha value is -2.28. The highest BCUT2D eigenvalue weighted by Crippen LogP contribution is 2.29. The molecule has 24 heavy (non-hydrogen) atoms. The van der Waals surface area contributed by atoms with Crippen molar-refractivity contribution < 1.29 is 9.59 Å². The fourth-order valence-electron chi connectivity index (χ4n) is 2.68. The van der Waals surface area contributed by atoms with E-state index in [1.54, 1.807) is 11.1 Å². The predicted octanol–water partition coefficient (Wildman–Crippen LogP) is 2.04. The van der Waals surface area contributed by atoms with E-state index in [1.807, 2.05) is 19.1 Å². The van der Waals surface area contributed by atoms with Crippen LogP contribution in [0.2, 0.25) is 0 Å². The van der Waals surface area contributed by atoms with Gasteiger partial charge in [0.25, 0.3) is 5.91 Å². The number of hydrogen-bond acceptors (Lipinski definition) is 5. The summed E-state index contributed by atoms with van der Waals surface area (Å²) in [5, 5.41) is 3.55. The topological polar surface area (TPSA) is 75.2 Å². The lowest BCUT2D eigenvalue weighted by molar-refractivity contribution is -0.123. The Kier molecular flexibility index (Phi) is 4.89. The minimum atomic E-state index is -0.117. The van der Waals surface area contributed by atoms with Crippen LogP contribution in [0.25, 0.3) is 10.6 Å². The largest absolute Gasteiger partial charge is 0.353 e. The van der Waals surface area contributed by atoms with Crippen LogP contribution in [0.5, 0.6) is 0 Å². The molecule has 1 fully saturated rings. The number of aryl methyl sites for hydroxylation is 2. The van der Waals surface area contributed by atoms with E-state index in [9.17, 15) is 9.59 Å². The number of nitrogens with one attached hydrogen (secondary N) is 1. The molecule has 0 spiro atoms. The van der Waals surface area contributed by atoms with E-state index in [1.165, 1.54) is 11.3 Å². The van der Waals surface area contributed by atoms with Gasteiger partial charge < -0.3 is 10.2 Å². The zero-order valence-electron chi connectivity index (χ0n) is 13.8. The van der Waals surface area contributed by atoms with Crippen LogP contribution >= 0.6 is 11.3 Å². The minimum Gasteiger partial charge on any atom is -0.353 e. The van der Waals surface area contributed by atoms with Crippen molar-refractivity contribution in [1.82, 2.24) is 20.2 Å². The second kappa shape index (κ2) is 7.09. The van der Waals surface area contributed by atoms with Crippen molar-refractivity contribution in [2.24, 2.45) is 0 Å². The summed E-state index contributed by atoms with van der Waals surface area (Å²) in [6.45, 7) is 5.10. The van der Waals surface area contributed by atoms with Crippen LogP contribution < -0.4 is 5.32 Å². The molecule has 3 heterocycles. The number of pyridine rings is 1. The molecular weight excluding hydrogens is 324 g/mol. The first-order valence-electron chi connectivity index (χ1n) is 8.07. The molecule has 126 valence electrons. The first-order valence-corrected chi connectivity index (χ1v) is 8.89. The molecule has 2 aromatic heterocycles. The molecule has 6 nitrogen and oxygen atoms in total. The lowest BCUT2D eigenvalue weighted by Gasteiger charge is -2.26. The second-order valence-corrected chi connectivity index (χ2v) is 6.80. The van der Waals surface area contributed by atoms with Crippen molar-refractivity contribution in [1.29, 1.82) is 0 Å². The van der Waals surface area contributed by atoms with Gasteiger partial charge in [0.05, 0.1) is 12.2 Å². The highest BCUT2D eigenvalue weighted by Gasteiger charge is 2.26. The van der Waals surface area contributed by atoms with Crippen molar-refractivity contribution in [2.45, 2.75) is 26.7 Å². The molecule has 2 amide bonds. The first kappa shape index (κ1) is 16.6. The van der Waals surface area contributed by atoms with Crippen molar-refractivity contribution in [3.05, 3.63) is 34.6 Å². The van der Waals surface area contributed by atoms with E-state index in [4.69, 9.17) is 0 Å². The molecule has 1 aliphatic heterocycles. The normalized spacial score (nSPS) is 14.6. The summed E-state index contributed by atoms with van der Waals surface area (Å²) >= 11 is 1.38. The minimum absolute atomic E-state index is 0.113. The van der Waals surface area contributed by atoms with Crippen molar-refractivity contribution >= 4 is 23.2 Å². The number of aromatic nitrogens is 2. The fourth-order valence-corrected chi connectivity index (χ4v) is 3.71. The number of rotatable bonds is 4. The van der Waals surface area contributed by atoms with Gasteiger partial charge in [-0.05, 0) is 25.5 Å². The summed E-state index contributed by atoms with van der Waals surface area (Å²) in [6, 6.07) is 3.95. The van der Waals surface area contributed by atoms with Gasteiger partial charge >= 0.3 is 0 Å². The molecule has 3 rings (SSSR count). The van der Waals surface area contributed by atoms with Gasteiger partial charge in [-0.2, -0.15) is 0 Å². The molecule has 0 atom stereocenters. The average Bonchev–Trinajstić information content (AvgIpc) is 2.97. The highest BCUT2D eigenvalue weighted by molar-refractivity contribution is 7.17. The summed E-state index contributed by atoms with van der Waals surface area (Å²) in [5.74, 6) is -0.232. The Morgan fingerprint density at radius 3 is 3.04 bits per heavy atom. The molecule has 1 aliphatic rings. The van der Waals surface area contributed by atoms with Gasteiger partial charge in [0.15, 0.2) is 0 Å². The Morgan fingerprint density at radius 1 is 1.46 bits per heavy atom. The molecule has 1 N–H and O–H groups in total. The second-order valence-electron chi connectivity index (χ2n) is 5.80. The number of piperazine rings is 1. The molecule has 7 heteroatoms. The van der Waals surface area contributed by atoms with Crippen LogP contribution in [0.4, 0.5) is 0 Å². The molecule has 2 aromatic rings. The van der Waals surface area contributed by atoms with Crippen LogP contribution in [0.15, 0.2) is 18.3 Å². The van der Waals surface area contributed by atoms with Crippen molar-refractivity contribution in [3.8, 4) is 10.6 Å². The third kappa shape index (κ3) is 3.46. The maximum absolute atomic E-state index is 12.7. The van der Waals surface area contributed by atoms with Gasteiger partial charge in [-0.1, -0.05) is 13.3 Å². The van der Waals surface area contributed by atoms with E-state index in [0.29, 0.717) is 23.7 Å². The zero-order chi connectivity index (χ0) is 17.1. The average molecular weight is 344 g/mol. The summed E-state index contributed by atoms with van der Waals surface area (Å²) in [4.78, 5) is 35.3. The van der Waals surface area contributed by atoms with Crippen LogP contribution in [0.3, 0.4) is 0 Å². The smallest absolute Gasteiger partial charge is 0.266 e. The Balaban J connectivity index is 1.86. The highest BCUT2D eigenvalue weighted by atomic mass is 32.1. The van der Waals surface area contributed by atoms with Gasteiger partial charge in [-0.3, -0.25) is 14.6 Å². The SMILES string of the molecule is CCCc1cc(-c2nc(C)c(C(=O)N3CCNC(=O)C3)s2)ccn1. The van der Waals surface area contributed by atoms with Crippen molar-refractivity contribution in [3.63, 3.8) is 0 Å². The summed E-state index contributed by atoms with van der Waals surface area (Å²) < 4.78 is 0. The van der Waals surface area contributed by atoms with Crippen molar-refractivity contribution in [2.75, 3.05) is 19.6 Å². The van der Waals surface area contributed by atoms with E-state index < -0.39 is 0 Å². The Bertz CT molecular complexity index is 772. The van der Waals surface area contributed by atoms with Gasteiger partial charge in [-0.15, -0.1) is 11.3 Å². The quantitative estimate of drug-likeness (QED) is 0.921. The van der Waals surface area contributed by atoms with Crippen LogP contribution in [0, 0.1) is 6.92 Å². The molecule has 0 saturated carbocycles. The summed E-state index contributed by atoms with van der Waals surface area (Å²) in [5.41, 5.74) is 2.72.